The monoisotopic (exact) mass is 777 g/mol. The van der Waals surface area contributed by atoms with Gasteiger partial charge in [-0.25, -0.2) is 14.0 Å². The molecule has 0 N–H and O–H groups in total. The number of carbonyl (C=O) groups excluding carboxylic acids is 2. The van der Waals surface area contributed by atoms with Crippen molar-refractivity contribution >= 4 is 52.3 Å². The summed E-state index contributed by atoms with van der Waals surface area (Å²) in [5, 5.41) is 2.05. The van der Waals surface area contributed by atoms with Gasteiger partial charge >= 0.3 is 18.7 Å². The van der Waals surface area contributed by atoms with Crippen molar-refractivity contribution in [3.63, 3.8) is 0 Å². The fourth-order valence-corrected chi connectivity index (χ4v) is 7.75. The molecule has 3 aliphatic rings. The van der Waals surface area contributed by atoms with Crippen LogP contribution >= 0.6 is 34.5 Å². The second-order valence-corrected chi connectivity index (χ2v) is 14.6. The number of rotatable bonds is 13. The maximum absolute atomic E-state index is 15.1. The van der Waals surface area contributed by atoms with Crippen LogP contribution in [0.3, 0.4) is 0 Å². The van der Waals surface area contributed by atoms with Gasteiger partial charge in [0.25, 0.3) is 0 Å². The Hall–Kier alpha value is -4.04. The Morgan fingerprint density at radius 2 is 1.75 bits per heavy atom. The molecule has 2 bridgehead atoms. The number of alkyl halides is 2. The summed E-state index contributed by atoms with van der Waals surface area (Å²) < 4.78 is 63.9. The van der Waals surface area contributed by atoms with Crippen molar-refractivity contribution in [3.8, 4) is 11.5 Å². The first-order chi connectivity index (χ1) is 24.9. The Balaban J connectivity index is 1.25. The Bertz CT molecular complexity index is 1870. The maximum Gasteiger partial charge on any atom is 0.415 e. The zero-order valence-electron chi connectivity index (χ0n) is 28.3. The molecule has 0 aliphatic carbocycles. The standard InChI is InChI=1S/C37H36Cl2F3N3O6S/c1-21(2)48-33-14-23(7-8-31(33)50-36(41)42)32(15-26-27(38)16-43-17-28(26)39)49-35(46)24-13-25(52-20-24)18-45(30-6-4-3-5-29(30)40)37(47)51-34-19-44-11-9-22(34)10-12-44/h3-8,13-14,16-17,20-22,32,34,36H,9-12,15,18-19H2,1-2H3/t32-,34-/m0/s1. The summed E-state index contributed by atoms with van der Waals surface area (Å²) in [5.41, 5.74) is 1.07. The molecule has 2 atom stereocenters. The number of piperidine rings is 3. The first-order valence-corrected chi connectivity index (χ1v) is 18.4. The third-order valence-corrected chi connectivity index (χ3v) is 10.5. The summed E-state index contributed by atoms with van der Waals surface area (Å²) in [4.78, 5) is 35.4. The van der Waals surface area contributed by atoms with E-state index in [9.17, 15) is 18.4 Å². The van der Waals surface area contributed by atoms with Gasteiger partial charge in [0.15, 0.2) is 11.5 Å². The highest BCUT2D eigenvalue weighted by molar-refractivity contribution is 7.10. The molecule has 3 fully saturated rings. The fourth-order valence-electron chi connectivity index (χ4n) is 6.39. The molecule has 2 aromatic heterocycles. The molecule has 4 aromatic rings. The summed E-state index contributed by atoms with van der Waals surface area (Å²) in [6.45, 7) is 2.88. The van der Waals surface area contributed by atoms with E-state index in [1.54, 1.807) is 31.4 Å². The number of fused-ring (bicyclic) bond motifs is 3. The normalized spacial score (nSPS) is 18.7. The summed E-state index contributed by atoms with van der Waals surface area (Å²) in [7, 11) is 0. The molecule has 7 rings (SSSR count). The number of ether oxygens (including phenoxy) is 4. The number of thiophene rings is 1. The van der Waals surface area contributed by atoms with Crippen LogP contribution in [-0.2, 0) is 22.4 Å². The van der Waals surface area contributed by atoms with Crippen molar-refractivity contribution in [1.82, 2.24) is 9.88 Å². The number of hydrogen-bond acceptors (Lipinski definition) is 9. The summed E-state index contributed by atoms with van der Waals surface area (Å²) in [6, 6.07) is 11.8. The smallest absolute Gasteiger partial charge is 0.415 e. The van der Waals surface area contributed by atoms with Crippen LogP contribution in [0.1, 0.15) is 59.2 Å². The van der Waals surface area contributed by atoms with E-state index in [0.29, 0.717) is 22.5 Å². The molecule has 0 saturated carbocycles. The number of carbonyl (C=O) groups is 2. The number of hydrogen-bond donors (Lipinski definition) is 0. The zero-order valence-corrected chi connectivity index (χ0v) is 30.6. The van der Waals surface area contributed by atoms with Gasteiger partial charge in [-0.1, -0.05) is 41.4 Å². The predicted octanol–water partition coefficient (Wildman–Crippen LogP) is 9.36. The highest BCUT2D eigenvalue weighted by Crippen LogP contribution is 2.38. The predicted molar refractivity (Wildman–Crippen MR) is 191 cm³/mol. The quantitative estimate of drug-likeness (QED) is 0.124. The lowest BCUT2D eigenvalue weighted by Gasteiger charge is -2.44. The van der Waals surface area contributed by atoms with E-state index < -0.39 is 30.6 Å². The van der Waals surface area contributed by atoms with E-state index in [4.69, 9.17) is 37.4 Å². The topological polar surface area (TPSA) is 90.4 Å². The lowest BCUT2D eigenvalue weighted by molar-refractivity contribution is -0.0519. The van der Waals surface area contributed by atoms with Gasteiger partial charge in [0.2, 0.25) is 0 Å². The number of amides is 1. The van der Waals surface area contributed by atoms with Crippen molar-refractivity contribution in [1.29, 1.82) is 0 Å². The third-order valence-electron chi connectivity index (χ3n) is 8.92. The molecule has 3 aliphatic heterocycles. The number of esters is 1. The second kappa shape index (κ2) is 16.7. The number of halogens is 5. The lowest BCUT2D eigenvalue weighted by atomic mass is 9.86. The molecule has 5 heterocycles. The van der Waals surface area contributed by atoms with E-state index in [-0.39, 0.29) is 63.9 Å². The van der Waals surface area contributed by atoms with Gasteiger partial charge < -0.3 is 18.9 Å². The summed E-state index contributed by atoms with van der Waals surface area (Å²) in [6.07, 6.45) is 2.32. The maximum atomic E-state index is 15.1. The van der Waals surface area contributed by atoms with Crippen LogP contribution in [0.15, 0.2) is 66.3 Å². The molecule has 3 saturated heterocycles. The highest BCUT2D eigenvalue weighted by Gasteiger charge is 2.38. The number of nitrogens with zero attached hydrogens (tertiary/aromatic N) is 3. The molecular weight excluding hydrogens is 742 g/mol. The van der Waals surface area contributed by atoms with Gasteiger partial charge in [-0.15, -0.1) is 11.3 Å². The first-order valence-electron chi connectivity index (χ1n) is 16.7. The fraction of sp³-hybridized carbons (Fsp3) is 0.378. The van der Waals surface area contributed by atoms with Crippen LogP contribution in [0.4, 0.5) is 23.7 Å². The minimum atomic E-state index is -3.09. The molecule has 9 nitrogen and oxygen atoms in total. The van der Waals surface area contributed by atoms with Crippen LogP contribution in [0.5, 0.6) is 11.5 Å². The van der Waals surface area contributed by atoms with Gasteiger partial charge in [0, 0.05) is 35.6 Å². The molecular formula is C37H36Cl2F3N3O6S. The number of pyridine rings is 1. The van der Waals surface area contributed by atoms with Crippen LogP contribution < -0.4 is 14.4 Å². The lowest BCUT2D eigenvalue weighted by Crippen LogP contribution is -2.53. The van der Waals surface area contributed by atoms with E-state index >= 15 is 4.39 Å². The second-order valence-electron chi connectivity index (χ2n) is 12.8. The minimum absolute atomic E-state index is 0.00554. The molecule has 52 heavy (non-hydrogen) atoms. The van der Waals surface area contributed by atoms with E-state index in [1.165, 1.54) is 65.0 Å². The molecule has 0 spiro atoms. The van der Waals surface area contributed by atoms with Crippen molar-refractivity contribution in [2.24, 2.45) is 5.92 Å². The Morgan fingerprint density at radius 3 is 2.40 bits per heavy atom. The SMILES string of the molecule is CC(C)Oc1cc([C@H](Cc2c(Cl)cncc2Cl)OC(=O)c2csc(CN(C(=O)O[C@H]3CN4CCC3CC4)c3ccccc3F)c2)ccc1OC(F)F. The van der Waals surface area contributed by atoms with Crippen molar-refractivity contribution in [2.45, 2.75) is 64.6 Å². The Kier molecular flexibility index (Phi) is 12.1. The number of benzene rings is 2. The molecule has 2 aromatic carbocycles. The minimum Gasteiger partial charge on any atom is -0.487 e. The summed E-state index contributed by atoms with van der Waals surface area (Å²) >= 11 is 14.1. The van der Waals surface area contributed by atoms with Crippen molar-refractivity contribution in [2.75, 3.05) is 24.5 Å². The Labute approximate surface area is 313 Å². The molecule has 0 radical (unpaired) electrons. The average Bonchev–Trinajstić information content (AvgIpc) is 3.58. The van der Waals surface area contributed by atoms with Gasteiger partial charge in [-0.05, 0) is 87.2 Å². The van der Waals surface area contributed by atoms with Gasteiger partial charge in [-0.2, -0.15) is 8.78 Å². The number of aromatic nitrogens is 1. The van der Waals surface area contributed by atoms with Crippen LogP contribution in [-0.4, -0.2) is 60.4 Å². The first kappa shape index (κ1) is 37.7. The molecule has 1 amide bonds. The van der Waals surface area contributed by atoms with Gasteiger partial charge in [0.05, 0.1) is 33.9 Å². The van der Waals surface area contributed by atoms with Crippen LogP contribution in [0.25, 0.3) is 0 Å². The number of para-hydroxylation sites is 1. The summed E-state index contributed by atoms with van der Waals surface area (Å²) in [5.74, 6) is -1.22. The van der Waals surface area contributed by atoms with Crippen molar-refractivity contribution in [3.05, 3.63) is 104 Å². The van der Waals surface area contributed by atoms with Crippen molar-refractivity contribution < 1.29 is 41.7 Å². The highest BCUT2D eigenvalue weighted by atomic mass is 35.5. The Morgan fingerprint density at radius 1 is 1.02 bits per heavy atom. The van der Waals surface area contributed by atoms with Gasteiger partial charge in [0.1, 0.15) is 18.0 Å². The van der Waals surface area contributed by atoms with Gasteiger partial charge in [-0.3, -0.25) is 14.8 Å². The van der Waals surface area contributed by atoms with E-state index in [2.05, 4.69) is 14.6 Å². The largest absolute Gasteiger partial charge is 0.487 e. The molecule has 276 valence electrons. The van der Waals surface area contributed by atoms with Crippen LogP contribution in [0, 0.1) is 11.7 Å². The number of anilines is 1. The third kappa shape index (κ3) is 9.11. The molecule has 0 unspecified atom stereocenters. The molecule has 15 heteroatoms. The van der Waals surface area contributed by atoms with E-state index in [1.807, 2.05) is 0 Å². The van der Waals surface area contributed by atoms with Crippen LogP contribution in [0.2, 0.25) is 10.0 Å². The zero-order chi connectivity index (χ0) is 36.9. The van der Waals surface area contributed by atoms with E-state index in [0.717, 1.165) is 25.9 Å². The average molecular weight is 779 g/mol.